The number of hydrogen-bond donors (Lipinski definition) is 3. The number of aliphatic hydroxyl groups is 1. The van der Waals surface area contributed by atoms with Crippen LogP contribution in [0.5, 0.6) is 0 Å². The molecule has 2 aliphatic rings. The molecule has 4 heteroatoms. The molecule has 3 unspecified atom stereocenters. The third-order valence-electron chi connectivity index (χ3n) is 5.08. The smallest absolute Gasteiger partial charge is 0.237 e. The SMILES string of the molecule is CC(NCC1CCCC1CO)C(=O)NC1CCCCC1. The summed E-state index contributed by atoms with van der Waals surface area (Å²) in [4.78, 5) is 12.1. The Morgan fingerprint density at radius 2 is 1.80 bits per heavy atom. The normalized spacial score (nSPS) is 29.3. The van der Waals surface area contributed by atoms with Crippen LogP contribution in [0.1, 0.15) is 58.3 Å². The number of nitrogens with one attached hydrogen (secondary N) is 2. The summed E-state index contributed by atoms with van der Waals surface area (Å²) in [5, 5.41) is 15.8. The van der Waals surface area contributed by atoms with Gasteiger partial charge in [0.25, 0.3) is 0 Å². The molecular weight excluding hydrogens is 252 g/mol. The lowest BCUT2D eigenvalue weighted by Crippen LogP contribution is -2.48. The third kappa shape index (κ3) is 4.45. The van der Waals surface area contributed by atoms with Gasteiger partial charge < -0.3 is 15.7 Å². The molecule has 4 nitrogen and oxygen atoms in total. The number of amides is 1. The zero-order valence-corrected chi connectivity index (χ0v) is 12.7. The van der Waals surface area contributed by atoms with Crippen molar-refractivity contribution in [3.05, 3.63) is 0 Å². The Bertz CT molecular complexity index is 303. The van der Waals surface area contributed by atoms with Crippen LogP contribution in [0.3, 0.4) is 0 Å². The molecule has 0 aromatic heterocycles. The molecule has 0 aromatic carbocycles. The van der Waals surface area contributed by atoms with Crippen molar-refractivity contribution in [3.63, 3.8) is 0 Å². The fourth-order valence-corrected chi connectivity index (χ4v) is 3.62. The maximum Gasteiger partial charge on any atom is 0.237 e. The first-order valence-corrected chi connectivity index (χ1v) is 8.35. The van der Waals surface area contributed by atoms with Crippen LogP contribution in [-0.4, -0.2) is 36.2 Å². The quantitative estimate of drug-likeness (QED) is 0.696. The minimum absolute atomic E-state index is 0.128. The molecule has 3 N–H and O–H groups in total. The molecule has 3 atom stereocenters. The predicted molar refractivity (Wildman–Crippen MR) is 80.4 cm³/mol. The third-order valence-corrected chi connectivity index (χ3v) is 5.08. The Hall–Kier alpha value is -0.610. The maximum absolute atomic E-state index is 12.1. The number of hydrogen-bond acceptors (Lipinski definition) is 3. The number of carbonyl (C=O) groups is 1. The van der Waals surface area contributed by atoms with Crippen LogP contribution in [-0.2, 0) is 4.79 Å². The molecule has 0 heterocycles. The largest absolute Gasteiger partial charge is 0.396 e. The number of rotatable bonds is 6. The monoisotopic (exact) mass is 282 g/mol. The molecular formula is C16H30N2O2. The van der Waals surface area contributed by atoms with Crippen molar-refractivity contribution in [2.24, 2.45) is 11.8 Å². The topological polar surface area (TPSA) is 61.4 Å². The van der Waals surface area contributed by atoms with Gasteiger partial charge in [-0.05, 0) is 51.0 Å². The number of aliphatic hydroxyl groups excluding tert-OH is 1. The van der Waals surface area contributed by atoms with Crippen LogP contribution in [0, 0.1) is 11.8 Å². The summed E-state index contributed by atoms with van der Waals surface area (Å²) in [5.74, 6) is 1.09. The van der Waals surface area contributed by atoms with Crippen LogP contribution >= 0.6 is 0 Å². The second kappa shape index (κ2) is 7.99. The van der Waals surface area contributed by atoms with E-state index in [-0.39, 0.29) is 18.6 Å². The molecule has 0 radical (unpaired) electrons. The average Bonchev–Trinajstić information content (AvgIpc) is 2.93. The zero-order valence-electron chi connectivity index (χ0n) is 12.7. The fourth-order valence-electron chi connectivity index (χ4n) is 3.62. The van der Waals surface area contributed by atoms with E-state index in [1.807, 2.05) is 6.92 Å². The van der Waals surface area contributed by atoms with E-state index in [9.17, 15) is 9.90 Å². The highest BCUT2D eigenvalue weighted by Gasteiger charge is 2.27. The molecule has 2 rings (SSSR count). The van der Waals surface area contributed by atoms with E-state index >= 15 is 0 Å². The van der Waals surface area contributed by atoms with Crippen molar-refractivity contribution in [1.29, 1.82) is 0 Å². The van der Waals surface area contributed by atoms with Crippen LogP contribution in [0.25, 0.3) is 0 Å². The van der Waals surface area contributed by atoms with E-state index in [0.717, 1.165) is 25.8 Å². The summed E-state index contributed by atoms with van der Waals surface area (Å²) >= 11 is 0. The highest BCUT2D eigenvalue weighted by atomic mass is 16.3. The Labute approximate surface area is 122 Å². The molecule has 1 amide bonds. The predicted octanol–water partition coefficient (Wildman–Crippen LogP) is 1.82. The van der Waals surface area contributed by atoms with Crippen molar-refractivity contribution in [2.45, 2.75) is 70.4 Å². The lowest BCUT2D eigenvalue weighted by molar-refractivity contribution is -0.123. The highest BCUT2D eigenvalue weighted by Crippen LogP contribution is 2.30. The van der Waals surface area contributed by atoms with Gasteiger partial charge in [-0.3, -0.25) is 4.79 Å². The summed E-state index contributed by atoms with van der Waals surface area (Å²) in [6, 6.07) is 0.258. The van der Waals surface area contributed by atoms with Crippen molar-refractivity contribution in [2.75, 3.05) is 13.2 Å². The fraction of sp³-hybridized carbons (Fsp3) is 0.938. The Morgan fingerprint density at radius 3 is 2.50 bits per heavy atom. The van der Waals surface area contributed by atoms with Crippen LogP contribution in [0.15, 0.2) is 0 Å². The number of carbonyl (C=O) groups excluding carboxylic acids is 1. The van der Waals surface area contributed by atoms with Crippen LogP contribution in [0.2, 0.25) is 0 Å². The van der Waals surface area contributed by atoms with Gasteiger partial charge in [-0.25, -0.2) is 0 Å². The Kier molecular flexibility index (Phi) is 6.30. The first-order valence-electron chi connectivity index (χ1n) is 8.35. The van der Waals surface area contributed by atoms with Gasteiger partial charge in [-0.2, -0.15) is 0 Å². The van der Waals surface area contributed by atoms with Crippen molar-refractivity contribution < 1.29 is 9.90 Å². The van der Waals surface area contributed by atoms with Gasteiger partial charge in [0.05, 0.1) is 6.04 Å². The van der Waals surface area contributed by atoms with E-state index in [1.54, 1.807) is 0 Å². The summed E-state index contributed by atoms with van der Waals surface area (Å²) in [6.07, 6.45) is 9.58. The summed E-state index contributed by atoms with van der Waals surface area (Å²) < 4.78 is 0. The van der Waals surface area contributed by atoms with E-state index in [2.05, 4.69) is 10.6 Å². The van der Waals surface area contributed by atoms with Gasteiger partial charge in [0, 0.05) is 12.6 Å². The molecule has 2 saturated carbocycles. The van der Waals surface area contributed by atoms with Gasteiger partial charge in [-0.1, -0.05) is 25.7 Å². The lowest BCUT2D eigenvalue weighted by Gasteiger charge is -2.26. The summed E-state index contributed by atoms with van der Waals surface area (Å²) in [5.41, 5.74) is 0. The van der Waals surface area contributed by atoms with E-state index in [0.29, 0.717) is 17.9 Å². The van der Waals surface area contributed by atoms with E-state index in [1.165, 1.54) is 32.1 Å². The van der Waals surface area contributed by atoms with Gasteiger partial charge in [0.1, 0.15) is 0 Å². The minimum atomic E-state index is -0.128. The standard InChI is InChI=1S/C16H30N2O2/c1-12(16(20)18-15-8-3-2-4-9-15)17-10-13-6-5-7-14(13)11-19/h12-15,17,19H,2-11H2,1H3,(H,18,20). The lowest BCUT2D eigenvalue weighted by atomic mass is 9.95. The minimum Gasteiger partial charge on any atom is -0.396 e. The molecule has 0 bridgehead atoms. The average molecular weight is 282 g/mol. The van der Waals surface area contributed by atoms with Crippen molar-refractivity contribution in [3.8, 4) is 0 Å². The molecule has 116 valence electrons. The molecule has 20 heavy (non-hydrogen) atoms. The van der Waals surface area contributed by atoms with Gasteiger partial charge in [-0.15, -0.1) is 0 Å². The Balaban J connectivity index is 1.68. The van der Waals surface area contributed by atoms with Gasteiger partial charge in [0.2, 0.25) is 5.91 Å². The molecule has 2 aliphatic carbocycles. The zero-order chi connectivity index (χ0) is 14.4. The van der Waals surface area contributed by atoms with Gasteiger partial charge >= 0.3 is 0 Å². The van der Waals surface area contributed by atoms with E-state index in [4.69, 9.17) is 0 Å². The van der Waals surface area contributed by atoms with Crippen LogP contribution < -0.4 is 10.6 Å². The molecule has 0 saturated heterocycles. The highest BCUT2D eigenvalue weighted by molar-refractivity contribution is 5.81. The van der Waals surface area contributed by atoms with Crippen molar-refractivity contribution >= 4 is 5.91 Å². The molecule has 0 spiro atoms. The van der Waals surface area contributed by atoms with Gasteiger partial charge in [0.15, 0.2) is 0 Å². The van der Waals surface area contributed by atoms with Crippen LogP contribution in [0.4, 0.5) is 0 Å². The molecule has 0 aliphatic heterocycles. The van der Waals surface area contributed by atoms with E-state index < -0.39 is 0 Å². The second-order valence-electron chi connectivity index (χ2n) is 6.61. The second-order valence-corrected chi connectivity index (χ2v) is 6.61. The Morgan fingerprint density at radius 1 is 1.10 bits per heavy atom. The van der Waals surface area contributed by atoms with Crippen molar-refractivity contribution in [1.82, 2.24) is 10.6 Å². The maximum atomic E-state index is 12.1. The molecule has 2 fully saturated rings. The first kappa shape index (κ1) is 15.8. The first-order chi connectivity index (χ1) is 9.70. The summed E-state index contributed by atoms with van der Waals surface area (Å²) in [6.45, 7) is 3.08. The molecule has 0 aromatic rings. The summed E-state index contributed by atoms with van der Waals surface area (Å²) in [7, 11) is 0.